The molecule has 0 atom stereocenters. The quantitative estimate of drug-likeness (QED) is 0.885. The zero-order chi connectivity index (χ0) is 12.3. The van der Waals surface area contributed by atoms with Crippen molar-refractivity contribution >= 4 is 0 Å². The number of benzene rings is 1. The van der Waals surface area contributed by atoms with E-state index in [2.05, 4.69) is 14.9 Å². The Morgan fingerprint density at radius 3 is 2.53 bits per heavy atom. The van der Waals surface area contributed by atoms with Crippen LogP contribution in [0.4, 0.5) is 8.78 Å². The lowest BCUT2D eigenvalue weighted by Gasteiger charge is -2.03. The molecule has 0 fully saturated rings. The summed E-state index contributed by atoms with van der Waals surface area (Å²) >= 11 is 0. The topological polar surface area (TPSA) is 68.4 Å². The highest BCUT2D eigenvalue weighted by Gasteiger charge is 2.09. The summed E-state index contributed by atoms with van der Waals surface area (Å²) in [6, 6.07) is 5.74. The van der Waals surface area contributed by atoms with Crippen molar-refractivity contribution in [2.24, 2.45) is 0 Å². The van der Waals surface area contributed by atoms with Crippen LogP contribution in [0.5, 0.6) is 5.75 Å². The molecular weight excluding hydrogens is 234 g/mol. The normalized spacial score (nSPS) is 10.8. The van der Waals surface area contributed by atoms with Gasteiger partial charge in [0.25, 0.3) is 5.89 Å². The van der Waals surface area contributed by atoms with Crippen LogP contribution in [0.3, 0.4) is 0 Å². The summed E-state index contributed by atoms with van der Waals surface area (Å²) in [5.41, 5.74) is 0.554. The van der Waals surface area contributed by atoms with Gasteiger partial charge in [-0.1, -0.05) is 5.16 Å². The van der Waals surface area contributed by atoms with E-state index in [0.29, 0.717) is 5.56 Å². The number of aromatic nitrogens is 2. The highest BCUT2D eigenvalue weighted by atomic mass is 19.3. The molecule has 0 bridgehead atoms. The third kappa shape index (κ3) is 2.76. The monoisotopic (exact) mass is 242 g/mol. The van der Waals surface area contributed by atoms with Crippen molar-refractivity contribution in [1.82, 2.24) is 10.1 Å². The number of ether oxygens (including phenoxy) is 1. The van der Waals surface area contributed by atoms with Crippen molar-refractivity contribution in [2.45, 2.75) is 13.2 Å². The van der Waals surface area contributed by atoms with Crippen molar-refractivity contribution in [3.05, 3.63) is 30.1 Å². The first kappa shape index (κ1) is 11.5. The molecule has 1 aromatic heterocycles. The van der Waals surface area contributed by atoms with E-state index in [4.69, 9.17) is 9.63 Å². The summed E-state index contributed by atoms with van der Waals surface area (Å²) in [7, 11) is 0. The number of aliphatic hydroxyl groups excluding tert-OH is 1. The molecular formula is C10H8F2N2O3. The predicted octanol–water partition coefficient (Wildman–Crippen LogP) is 1.83. The lowest BCUT2D eigenvalue weighted by Crippen LogP contribution is -2.01. The maximum Gasteiger partial charge on any atom is 0.387 e. The molecule has 0 unspecified atom stereocenters. The summed E-state index contributed by atoms with van der Waals surface area (Å²) in [5, 5.41) is 12.2. The molecule has 2 aromatic rings. The van der Waals surface area contributed by atoms with E-state index in [1.54, 1.807) is 0 Å². The van der Waals surface area contributed by atoms with Gasteiger partial charge in [-0.15, -0.1) is 0 Å². The molecule has 17 heavy (non-hydrogen) atoms. The fourth-order valence-corrected chi connectivity index (χ4v) is 1.21. The van der Waals surface area contributed by atoms with Crippen LogP contribution in [0.1, 0.15) is 5.82 Å². The number of halogens is 2. The molecule has 90 valence electrons. The minimum absolute atomic E-state index is 0.0469. The largest absolute Gasteiger partial charge is 0.435 e. The highest BCUT2D eigenvalue weighted by Crippen LogP contribution is 2.21. The molecule has 0 aliphatic rings. The summed E-state index contributed by atoms with van der Waals surface area (Å²) in [6.07, 6.45) is 0. The van der Waals surface area contributed by atoms with E-state index in [0.717, 1.165) is 0 Å². The van der Waals surface area contributed by atoms with E-state index in [1.807, 2.05) is 0 Å². The second-order valence-electron chi connectivity index (χ2n) is 3.08. The second kappa shape index (κ2) is 4.88. The third-order valence-electron chi connectivity index (χ3n) is 1.94. The molecule has 0 spiro atoms. The number of alkyl halides is 2. The van der Waals surface area contributed by atoms with Gasteiger partial charge in [0.15, 0.2) is 5.82 Å². The molecule has 0 aliphatic carbocycles. The number of hydrogen-bond acceptors (Lipinski definition) is 5. The van der Waals surface area contributed by atoms with E-state index in [1.165, 1.54) is 24.3 Å². The van der Waals surface area contributed by atoms with Crippen LogP contribution in [-0.4, -0.2) is 21.9 Å². The van der Waals surface area contributed by atoms with E-state index >= 15 is 0 Å². The molecule has 0 radical (unpaired) electrons. The van der Waals surface area contributed by atoms with Gasteiger partial charge >= 0.3 is 6.61 Å². The van der Waals surface area contributed by atoms with Gasteiger partial charge in [0.1, 0.15) is 12.4 Å². The Morgan fingerprint density at radius 1 is 1.29 bits per heavy atom. The SMILES string of the molecule is OCc1noc(-c2ccc(OC(F)F)cc2)n1. The summed E-state index contributed by atoms with van der Waals surface area (Å²) < 4.78 is 32.8. The molecule has 7 heteroatoms. The lowest BCUT2D eigenvalue weighted by molar-refractivity contribution is -0.0498. The Labute approximate surface area is 94.6 Å². The van der Waals surface area contributed by atoms with Gasteiger partial charge in [0, 0.05) is 5.56 Å². The Bertz CT molecular complexity index is 485. The number of rotatable bonds is 4. The van der Waals surface area contributed by atoms with Gasteiger partial charge in [-0.2, -0.15) is 13.8 Å². The average Bonchev–Trinajstić information content (AvgIpc) is 2.78. The van der Waals surface area contributed by atoms with Crippen LogP contribution in [0.15, 0.2) is 28.8 Å². The van der Waals surface area contributed by atoms with Crippen molar-refractivity contribution in [2.75, 3.05) is 0 Å². The molecule has 2 rings (SSSR count). The van der Waals surface area contributed by atoms with Gasteiger partial charge < -0.3 is 14.4 Å². The first-order chi connectivity index (χ1) is 8.19. The maximum absolute atomic E-state index is 11.9. The Morgan fingerprint density at radius 2 is 2.00 bits per heavy atom. The fraction of sp³-hybridized carbons (Fsp3) is 0.200. The first-order valence-corrected chi connectivity index (χ1v) is 4.67. The Balaban J connectivity index is 2.17. The van der Waals surface area contributed by atoms with Gasteiger partial charge in [0.2, 0.25) is 0 Å². The van der Waals surface area contributed by atoms with Gasteiger partial charge in [-0.25, -0.2) is 0 Å². The zero-order valence-corrected chi connectivity index (χ0v) is 8.51. The number of hydrogen-bond donors (Lipinski definition) is 1. The molecule has 0 amide bonds. The lowest BCUT2D eigenvalue weighted by atomic mass is 10.2. The summed E-state index contributed by atoms with van der Waals surface area (Å²) in [6.45, 7) is -3.18. The van der Waals surface area contributed by atoms with E-state index < -0.39 is 6.61 Å². The highest BCUT2D eigenvalue weighted by molar-refractivity contribution is 5.54. The molecule has 0 saturated carbocycles. The molecule has 0 aliphatic heterocycles. The van der Waals surface area contributed by atoms with Crippen LogP contribution >= 0.6 is 0 Å². The van der Waals surface area contributed by atoms with Crippen molar-refractivity contribution in [1.29, 1.82) is 0 Å². The molecule has 5 nitrogen and oxygen atoms in total. The zero-order valence-electron chi connectivity index (χ0n) is 8.51. The number of nitrogens with zero attached hydrogens (tertiary/aromatic N) is 2. The molecule has 1 N–H and O–H groups in total. The van der Waals surface area contributed by atoms with E-state index in [9.17, 15) is 8.78 Å². The van der Waals surface area contributed by atoms with Gasteiger partial charge in [-0.05, 0) is 24.3 Å². The smallest absolute Gasteiger partial charge is 0.387 e. The summed E-state index contributed by atoms with van der Waals surface area (Å²) in [5.74, 6) is 0.413. The Kier molecular flexibility index (Phi) is 3.29. The Hall–Kier alpha value is -2.02. The van der Waals surface area contributed by atoms with Crippen LogP contribution in [0.25, 0.3) is 11.5 Å². The fourth-order valence-electron chi connectivity index (χ4n) is 1.21. The standard InChI is InChI=1S/C10H8F2N2O3/c11-10(12)16-7-3-1-6(2-4-7)9-13-8(5-15)14-17-9/h1-4,10,15H,5H2. The second-order valence-corrected chi connectivity index (χ2v) is 3.08. The van der Waals surface area contributed by atoms with Crippen LogP contribution < -0.4 is 4.74 Å². The predicted molar refractivity (Wildman–Crippen MR) is 52.3 cm³/mol. The molecule has 0 saturated heterocycles. The number of aliphatic hydroxyl groups is 1. The maximum atomic E-state index is 11.9. The van der Waals surface area contributed by atoms with Crippen molar-refractivity contribution in [3.8, 4) is 17.2 Å². The summed E-state index contributed by atoms with van der Waals surface area (Å²) in [4.78, 5) is 3.87. The van der Waals surface area contributed by atoms with Crippen molar-refractivity contribution in [3.63, 3.8) is 0 Å². The minimum atomic E-state index is -2.86. The average molecular weight is 242 g/mol. The third-order valence-corrected chi connectivity index (χ3v) is 1.94. The van der Waals surface area contributed by atoms with Gasteiger partial charge in [0.05, 0.1) is 0 Å². The van der Waals surface area contributed by atoms with E-state index in [-0.39, 0.29) is 24.1 Å². The van der Waals surface area contributed by atoms with Gasteiger partial charge in [-0.3, -0.25) is 0 Å². The minimum Gasteiger partial charge on any atom is -0.435 e. The van der Waals surface area contributed by atoms with Crippen molar-refractivity contribution < 1.29 is 23.1 Å². The van der Waals surface area contributed by atoms with Crippen LogP contribution in [-0.2, 0) is 6.61 Å². The van der Waals surface area contributed by atoms with Crippen LogP contribution in [0.2, 0.25) is 0 Å². The molecule has 1 heterocycles. The molecule has 1 aromatic carbocycles. The first-order valence-electron chi connectivity index (χ1n) is 4.67. The van der Waals surface area contributed by atoms with Crippen LogP contribution in [0, 0.1) is 0 Å².